The van der Waals surface area contributed by atoms with Crippen molar-refractivity contribution < 1.29 is 19.1 Å². The molecular weight excluding hydrogens is 827 g/mol. The van der Waals surface area contributed by atoms with Crippen LogP contribution in [0.3, 0.4) is 0 Å². The number of benzene rings is 2. The van der Waals surface area contributed by atoms with E-state index in [1.54, 1.807) is 13.8 Å². The monoisotopic (exact) mass is 922 g/mol. The maximum Gasteiger partial charge on any atom is 0.217 e. The number of carbonyl (C=O) groups excluding carboxylic acids is 3. The van der Waals surface area contributed by atoms with E-state index in [2.05, 4.69) is 129 Å². The molecule has 2 aromatic carbocycles. The zero-order valence-electron chi connectivity index (χ0n) is 41.8. The fourth-order valence-corrected chi connectivity index (χ4v) is 8.64. The number of hydrogen-bond acceptors (Lipinski definition) is 11. The lowest BCUT2D eigenvalue weighted by molar-refractivity contribution is -0.121. The largest absolute Gasteiger partial charge is 0.379 e. The number of nitrogens with one attached hydrogen (secondary N) is 3. The van der Waals surface area contributed by atoms with Gasteiger partial charge in [-0.3, -0.25) is 19.3 Å². The van der Waals surface area contributed by atoms with Crippen molar-refractivity contribution in [2.45, 2.75) is 149 Å². The predicted molar refractivity (Wildman–Crippen MR) is 275 cm³/mol. The molecule has 2 amide bonds. The molecule has 0 radical (unpaired) electrons. The van der Waals surface area contributed by atoms with Crippen LogP contribution < -0.4 is 21.7 Å². The maximum absolute atomic E-state index is 10.7. The number of amides is 2. The van der Waals surface area contributed by atoms with Crippen molar-refractivity contribution in [2.24, 2.45) is 5.73 Å². The maximum atomic E-state index is 10.7. The molecule has 1 atom stereocenters. The van der Waals surface area contributed by atoms with Gasteiger partial charge in [-0.05, 0) is 163 Å². The third-order valence-electron chi connectivity index (χ3n) is 13.0. The smallest absolute Gasteiger partial charge is 0.217 e. The number of piperidine rings is 5. The average molecular weight is 922 g/mol. The Morgan fingerprint density at radius 1 is 0.636 bits per heavy atom. The second-order valence-corrected chi connectivity index (χ2v) is 19.2. The number of Topliss-reactive ketones (excluding diaryl/α,β-unsaturated/α-hetero) is 1. The van der Waals surface area contributed by atoms with Crippen molar-refractivity contribution in [1.82, 2.24) is 40.4 Å². The standard InChI is InChI=1S/C20H26N2.C8H16N2O.C7H14N2O.C6H14N2.C6H11NO.C5H10O.CH4/c1-21-14-12-20(13-15-21)22(16-18-8-4-2-5-9-18)17-19-10-6-3-7-11-19;1-7(11)9-8-3-5-10(2)6-4-8;1-6(10)9-7-2-4-8-5-3-7;1-8-4-2-6(7)3-5-8;1-7-4-2-6(8)3-5-7;1-5-3-2-4-6-5;/h2-11,20H,12-17H2,1H3;8H,3-6H2,1-2H3,(H,9,11);7-8H,2-5H2,1H3,(H,9,10);6H,2-5,7H2,1H3;2-5H2,1H3;5H,2-4H2,1H3;1H4. The van der Waals surface area contributed by atoms with E-state index in [4.69, 9.17) is 10.5 Å². The SMILES string of the molecule is C.CC(=O)NC1CCN(C)CC1.CC(=O)NC1CCNCC1.CC1CCCO1.CN1CCC(=O)CC1.CN1CCC(N(Cc2ccccc2)Cc2ccccc2)CC1.CN1CCC(N)CC1. The molecule has 0 bridgehead atoms. The van der Waals surface area contributed by atoms with Gasteiger partial charge in [-0.15, -0.1) is 0 Å². The summed E-state index contributed by atoms with van der Waals surface area (Å²) in [7, 11) is 8.54. The number of rotatable bonds is 7. The third kappa shape index (κ3) is 28.2. The highest BCUT2D eigenvalue weighted by Gasteiger charge is 2.23. The summed E-state index contributed by atoms with van der Waals surface area (Å²) in [5, 5.41) is 9.08. The van der Waals surface area contributed by atoms with E-state index in [1.807, 2.05) is 7.05 Å². The van der Waals surface area contributed by atoms with Crippen LogP contribution in [0.15, 0.2) is 60.7 Å². The molecule has 0 spiro atoms. The Morgan fingerprint density at radius 2 is 1.05 bits per heavy atom. The van der Waals surface area contributed by atoms with Gasteiger partial charge in [-0.2, -0.15) is 0 Å². The number of ketones is 1. The lowest BCUT2D eigenvalue weighted by atomic mass is 10.0. The first kappa shape index (κ1) is 58.9. The highest BCUT2D eigenvalue weighted by atomic mass is 16.5. The van der Waals surface area contributed by atoms with Crippen LogP contribution in [0, 0.1) is 0 Å². The van der Waals surface area contributed by atoms with Gasteiger partial charge in [0, 0.05) is 83.6 Å². The van der Waals surface area contributed by atoms with Gasteiger partial charge in [0.25, 0.3) is 0 Å². The summed E-state index contributed by atoms with van der Waals surface area (Å²) in [5.74, 6) is 0.606. The van der Waals surface area contributed by atoms with Crippen LogP contribution in [-0.2, 0) is 32.2 Å². The number of hydrogen-bond donors (Lipinski definition) is 4. The molecule has 0 saturated carbocycles. The van der Waals surface area contributed by atoms with E-state index in [0.717, 1.165) is 97.5 Å². The molecule has 8 rings (SSSR count). The average Bonchev–Trinajstić information content (AvgIpc) is 3.79. The highest BCUT2D eigenvalue weighted by molar-refractivity contribution is 5.79. The van der Waals surface area contributed by atoms with E-state index in [-0.39, 0.29) is 19.2 Å². The molecule has 13 heteroatoms. The first-order chi connectivity index (χ1) is 31.2. The van der Waals surface area contributed by atoms with Crippen LogP contribution in [-0.4, -0.2) is 173 Å². The fourth-order valence-electron chi connectivity index (χ4n) is 8.64. The van der Waals surface area contributed by atoms with Crippen LogP contribution in [0.2, 0.25) is 0 Å². The van der Waals surface area contributed by atoms with Crippen molar-refractivity contribution in [1.29, 1.82) is 0 Å². The Morgan fingerprint density at radius 3 is 1.41 bits per heavy atom. The normalized spacial score (nSPS) is 21.6. The Balaban J connectivity index is 0.000000290. The van der Waals surface area contributed by atoms with Crippen LogP contribution in [0.5, 0.6) is 0 Å². The second-order valence-electron chi connectivity index (χ2n) is 19.2. The summed E-state index contributed by atoms with van der Waals surface area (Å²) in [6.45, 7) is 19.3. The highest BCUT2D eigenvalue weighted by Crippen LogP contribution is 2.21. The molecule has 6 heterocycles. The Kier molecular flexibility index (Phi) is 31.2. The molecule has 6 saturated heterocycles. The van der Waals surface area contributed by atoms with Crippen molar-refractivity contribution in [3.63, 3.8) is 0 Å². The van der Waals surface area contributed by atoms with Gasteiger partial charge in [0.05, 0.1) is 6.10 Å². The van der Waals surface area contributed by atoms with Gasteiger partial charge >= 0.3 is 0 Å². The van der Waals surface area contributed by atoms with Gasteiger partial charge in [0.15, 0.2) is 0 Å². The van der Waals surface area contributed by atoms with Crippen molar-refractivity contribution in [3.8, 4) is 0 Å². The lowest BCUT2D eigenvalue weighted by Gasteiger charge is -2.37. The van der Waals surface area contributed by atoms with E-state index in [0.29, 0.717) is 36.1 Å². The molecule has 1 unspecified atom stereocenters. The molecule has 5 N–H and O–H groups in total. The molecule has 0 aliphatic carbocycles. The van der Waals surface area contributed by atoms with Crippen molar-refractivity contribution >= 4 is 17.6 Å². The summed E-state index contributed by atoms with van der Waals surface area (Å²) in [6.07, 6.45) is 13.8. The molecule has 0 aromatic heterocycles. The first-order valence-electron chi connectivity index (χ1n) is 25.0. The van der Waals surface area contributed by atoms with Crippen molar-refractivity contribution in [2.75, 3.05) is 100 Å². The van der Waals surface area contributed by atoms with E-state index in [9.17, 15) is 14.4 Å². The predicted octanol–water partition coefficient (Wildman–Crippen LogP) is 6.02. The zero-order chi connectivity index (χ0) is 47.2. The first-order valence-corrected chi connectivity index (χ1v) is 25.0. The van der Waals surface area contributed by atoms with Crippen LogP contribution in [0.4, 0.5) is 0 Å². The van der Waals surface area contributed by atoms with Crippen molar-refractivity contribution in [3.05, 3.63) is 71.8 Å². The summed E-state index contributed by atoms with van der Waals surface area (Å²) in [4.78, 5) is 43.7. The van der Waals surface area contributed by atoms with Crippen LogP contribution in [0.1, 0.15) is 116 Å². The summed E-state index contributed by atoms with van der Waals surface area (Å²) in [5.41, 5.74) is 8.50. The molecule has 13 nitrogen and oxygen atoms in total. The number of nitrogens with zero attached hydrogens (tertiary/aromatic N) is 5. The van der Waals surface area contributed by atoms with Gasteiger partial charge in [-0.25, -0.2) is 0 Å². The van der Waals surface area contributed by atoms with Crippen LogP contribution >= 0.6 is 0 Å². The Hall–Kier alpha value is -3.27. The number of nitrogens with two attached hydrogens (primary N) is 1. The molecule has 6 fully saturated rings. The molecule has 66 heavy (non-hydrogen) atoms. The summed E-state index contributed by atoms with van der Waals surface area (Å²) < 4.78 is 5.15. The molecular formula is C53H95N9O4. The topological polar surface area (TPSA) is 139 Å². The second kappa shape index (κ2) is 34.9. The van der Waals surface area contributed by atoms with E-state index in [1.165, 1.54) is 75.8 Å². The minimum atomic E-state index is 0. The summed E-state index contributed by atoms with van der Waals surface area (Å²) >= 11 is 0. The zero-order valence-corrected chi connectivity index (χ0v) is 41.8. The molecule has 6 aliphatic heterocycles. The van der Waals surface area contributed by atoms with Gasteiger partial charge in [-0.1, -0.05) is 68.1 Å². The molecule has 376 valence electrons. The molecule has 2 aromatic rings. The minimum Gasteiger partial charge on any atom is -0.379 e. The molecule has 6 aliphatic rings. The number of carbonyl (C=O) groups is 3. The minimum absolute atomic E-state index is 0. The quantitative estimate of drug-likeness (QED) is 0.260. The number of likely N-dealkylation sites (tertiary alicyclic amines) is 4. The Labute approximate surface area is 402 Å². The van der Waals surface area contributed by atoms with Gasteiger partial charge < -0.3 is 46.0 Å². The third-order valence-corrected chi connectivity index (χ3v) is 13.0. The van der Waals surface area contributed by atoms with E-state index >= 15 is 0 Å². The number of ether oxygens (including phenoxy) is 1. The van der Waals surface area contributed by atoms with Crippen LogP contribution in [0.25, 0.3) is 0 Å². The van der Waals surface area contributed by atoms with Gasteiger partial charge in [0.1, 0.15) is 5.78 Å². The Bertz CT molecular complexity index is 1460. The lowest BCUT2D eigenvalue weighted by Crippen LogP contribution is -2.43. The fraction of sp³-hybridized carbons (Fsp3) is 0.717. The summed E-state index contributed by atoms with van der Waals surface area (Å²) in [6, 6.07) is 23.7. The van der Waals surface area contributed by atoms with E-state index < -0.39 is 0 Å². The van der Waals surface area contributed by atoms with Gasteiger partial charge in [0.2, 0.25) is 11.8 Å².